The van der Waals surface area contributed by atoms with Gasteiger partial charge in [0.15, 0.2) is 0 Å². The number of rotatable bonds is 0. The molecule has 0 spiro atoms. The molecule has 0 unspecified atom stereocenters. The Morgan fingerprint density at radius 3 is 0.233 bits per heavy atom. The fourth-order valence-corrected chi connectivity index (χ4v) is 0. The van der Waals surface area contributed by atoms with Crippen molar-refractivity contribution in [3.63, 3.8) is 0 Å². The minimum absolute atomic E-state index is 0. The van der Waals surface area contributed by atoms with E-state index in [1.165, 1.54) is 0 Å². The van der Waals surface area contributed by atoms with Gasteiger partial charge in [0.05, 0.1) is 0 Å². The molecule has 6 radical (unpaired) electrons. The molecule has 0 N–H and O–H groups in total. The van der Waals surface area contributed by atoms with Crippen molar-refractivity contribution in [1.82, 2.24) is 0 Å². The van der Waals surface area contributed by atoms with Crippen LogP contribution in [-0.2, 0) is 101 Å². The summed E-state index contributed by atoms with van der Waals surface area (Å²) in [7, 11) is 0. The van der Waals surface area contributed by atoms with Gasteiger partial charge in [-0.2, -0.15) is 0 Å². The molecule has 0 fully saturated rings. The SMILES string of the molecule is O=C([O-])[O-].O=C([O-])[O-].O=C([O-])[O-].O=C([O-])[O-].O=C([O-])[O-].O=C([O-])[O-].[Co+2].[Co+2].[Co+2].[Co+2].[Co+2].[Co+2]. The summed E-state index contributed by atoms with van der Waals surface area (Å²) in [6, 6.07) is 0. The van der Waals surface area contributed by atoms with Crippen molar-refractivity contribution >= 4 is 36.9 Å². The Morgan fingerprint density at radius 1 is 0.233 bits per heavy atom. The zero-order chi connectivity index (χ0) is 21.5. The standard InChI is InChI=1S/6CH2O3.6Co/c6*2-1(3)4;;;;;;/h6*(H2,2,3,4);;;;;;/q;;;;;;6*+2/p-12. The van der Waals surface area contributed by atoms with Gasteiger partial charge in [-0.25, -0.2) is 0 Å². The van der Waals surface area contributed by atoms with E-state index in [2.05, 4.69) is 0 Å². The maximum absolute atomic E-state index is 8.33. The van der Waals surface area contributed by atoms with Crippen LogP contribution in [0.4, 0.5) is 28.8 Å². The molecular weight excluding hydrogens is 714 g/mol. The molecule has 30 heavy (non-hydrogen) atoms. The monoisotopic (exact) mass is 714 g/mol. The van der Waals surface area contributed by atoms with E-state index >= 15 is 0 Å². The van der Waals surface area contributed by atoms with E-state index < -0.39 is 36.9 Å². The van der Waals surface area contributed by atoms with Crippen molar-refractivity contribution in [2.45, 2.75) is 0 Å². The van der Waals surface area contributed by atoms with E-state index in [-0.39, 0.29) is 101 Å². The normalized spacial score (nSPS) is 4.80. The maximum Gasteiger partial charge on any atom is 2.00 e. The van der Waals surface area contributed by atoms with Gasteiger partial charge in [0, 0.05) is 0 Å². The minimum atomic E-state index is -2.33. The third kappa shape index (κ3) is 9760. The van der Waals surface area contributed by atoms with Crippen LogP contribution in [0.5, 0.6) is 0 Å². The average Bonchev–Trinajstić information content (AvgIpc) is 2.08. The molecule has 0 heterocycles. The van der Waals surface area contributed by atoms with Gasteiger partial charge in [0.1, 0.15) is 0 Å². The number of carbonyl (C=O) groups is 6. The van der Waals surface area contributed by atoms with E-state index in [0.717, 1.165) is 0 Å². The van der Waals surface area contributed by atoms with Gasteiger partial charge in [-0.05, 0) is 36.9 Å². The van der Waals surface area contributed by atoms with Crippen LogP contribution in [0.15, 0.2) is 0 Å². The van der Waals surface area contributed by atoms with Crippen LogP contribution in [0.1, 0.15) is 0 Å². The Labute approximate surface area is 226 Å². The Balaban J connectivity index is -0.0000000125. The molecule has 0 atom stereocenters. The van der Waals surface area contributed by atoms with Gasteiger partial charge in [-0.15, -0.1) is 0 Å². The van der Waals surface area contributed by atoms with E-state index in [4.69, 9.17) is 90.0 Å². The number of hydrogen-bond acceptors (Lipinski definition) is 18. The van der Waals surface area contributed by atoms with E-state index in [9.17, 15) is 0 Å². The van der Waals surface area contributed by atoms with Crippen molar-refractivity contribution in [2.24, 2.45) is 0 Å². The van der Waals surface area contributed by atoms with Gasteiger partial charge in [-0.3, -0.25) is 0 Å². The third-order valence-electron chi connectivity index (χ3n) is 0. The second-order valence-electron chi connectivity index (χ2n) is 1.50. The van der Waals surface area contributed by atoms with Gasteiger partial charge >= 0.3 is 101 Å². The first-order valence-corrected chi connectivity index (χ1v) is 3.67. The van der Waals surface area contributed by atoms with Crippen LogP contribution in [0.2, 0.25) is 0 Å². The number of hydrogen-bond donors (Lipinski definition) is 0. The van der Waals surface area contributed by atoms with Crippen LogP contribution in [0.3, 0.4) is 0 Å². The molecule has 0 aliphatic carbocycles. The summed E-state index contributed by atoms with van der Waals surface area (Å²) in [6.45, 7) is 0. The van der Waals surface area contributed by atoms with Crippen LogP contribution in [0, 0.1) is 0 Å². The topological polar surface area (TPSA) is 379 Å². The molecule has 0 aliphatic rings. The number of carbonyl (C=O) groups excluding carboxylic acids is 6. The largest absolute Gasteiger partial charge is 2.00 e. The summed E-state index contributed by atoms with van der Waals surface area (Å²) < 4.78 is 0. The van der Waals surface area contributed by atoms with Gasteiger partial charge < -0.3 is 90.0 Å². The fourth-order valence-electron chi connectivity index (χ4n) is 0. The predicted octanol–water partition coefficient (Wildman–Crippen LogP) is -14.7. The van der Waals surface area contributed by atoms with Gasteiger partial charge in [0.25, 0.3) is 0 Å². The minimum Gasteiger partial charge on any atom is -0.652 e. The van der Waals surface area contributed by atoms with E-state index in [0.29, 0.717) is 0 Å². The Morgan fingerprint density at radius 2 is 0.233 bits per heavy atom. The summed E-state index contributed by atoms with van der Waals surface area (Å²) in [4.78, 5) is 50.0. The molecule has 0 rings (SSSR count). The van der Waals surface area contributed by atoms with Crippen LogP contribution >= 0.6 is 0 Å². The summed E-state index contributed by atoms with van der Waals surface area (Å²) in [5, 5.41) is 100. The first kappa shape index (κ1) is 79.0. The zero-order valence-electron chi connectivity index (χ0n) is 12.3. The molecule has 0 bridgehead atoms. The molecule has 0 saturated heterocycles. The van der Waals surface area contributed by atoms with Crippen molar-refractivity contribution in [1.29, 1.82) is 0 Å². The van der Waals surface area contributed by atoms with E-state index in [1.807, 2.05) is 0 Å². The number of carboxylic acid groups (broad SMARTS) is 12. The molecule has 24 heteroatoms. The summed E-state index contributed by atoms with van der Waals surface area (Å²) in [6.07, 6.45) is -14.0. The molecule has 0 aromatic carbocycles. The molecule has 0 saturated carbocycles. The predicted molar refractivity (Wildman–Crippen MR) is 32.4 cm³/mol. The zero-order valence-corrected chi connectivity index (χ0v) is 18.6. The summed E-state index contributed by atoms with van der Waals surface area (Å²) in [5.74, 6) is 0. The second kappa shape index (κ2) is 70.8. The molecule has 0 aromatic rings. The van der Waals surface area contributed by atoms with Crippen molar-refractivity contribution in [3.8, 4) is 0 Å². The van der Waals surface area contributed by atoms with E-state index in [1.54, 1.807) is 0 Å². The van der Waals surface area contributed by atoms with Crippen molar-refractivity contribution in [2.75, 3.05) is 0 Å². The Bertz CT molecular complexity index is 272. The quantitative estimate of drug-likeness (QED) is 0.225. The molecule has 0 aromatic heterocycles. The summed E-state index contributed by atoms with van der Waals surface area (Å²) in [5.41, 5.74) is 0. The Kier molecular flexibility index (Phi) is 187. The van der Waals surface area contributed by atoms with Crippen molar-refractivity contribution in [3.05, 3.63) is 0 Å². The fraction of sp³-hybridized carbons (Fsp3) is 0. The first-order valence-electron chi connectivity index (χ1n) is 3.67. The van der Waals surface area contributed by atoms with Crippen LogP contribution in [-0.4, -0.2) is 36.9 Å². The second-order valence-corrected chi connectivity index (χ2v) is 1.50. The van der Waals surface area contributed by atoms with Gasteiger partial charge in [0.2, 0.25) is 0 Å². The van der Waals surface area contributed by atoms with Crippen LogP contribution < -0.4 is 61.3 Å². The van der Waals surface area contributed by atoms with Crippen molar-refractivity contribution < 1.29 is 191 Å². The third-order valence-corrected chi connectivity index (χ3v) is 0. The molecule has 186 valence electrons. The molecule has 18 nitrogen and oxygen atoms in total. The maximum atomic E-state index is 8.33. The molecule has 0 aliphatic heterocycles. The average molecular weight is 714 g/mol. The Hall–Kier alpha value is -1.34. The molecular formula is C6Co6O18. The smallest absolute Gasteiger partial charge is 0.652 e. The molecule has 0 amide bonds. The van der Waals surface area contributed by atoms with Gasteiger partial charge in [-0.1, -0.05) is 0 Å². The summed E-state index contributed by atoms with van der Waals surface area (Å²) >= 11 is 0. The first-order chi connectivity index (χ1) is 10.4. The van der Waals surface area contributed by atoms with Crippen LogP contribution in [0.25, 0.3) is 0 Å².